The Morgan fingerprint density at radius 2 is 2.28 bits per heavy atom. The lowest BCUT2D eigenvalue weighted by molar-refractivity contribution is -0.122. The van der Waals surface area contributed by atoms with Crippen LogP contribution in [0.25, 0.3) is 0 Å². The molecule has 3 atom stereocenters. The van der Waals surface area contributed by atoms with Gasteiger partial charge < -0.3 is 15.5 Å². The molecule has 2 rings (SSSR count). The van der Waals surface area contributed by atoms with Crippen LogP contribution in [0.15, 0.2) is 0 Å². The van der Waals surface area contributed by atoms with E-state index < -0.39 is 0 Å². The molecule has 2 aliphatic heterocycles. The number of amides is 1. The van der Waals surface area contributed by atoms with Gasteiger partial charge in [0.1, 0.15) is 0 Å². The quantitative estimate of drug-likeness (QED) is 0.780. The Bertz CT molecular complexity index is 276. The number of nitrogens with zero attached hydrogens (tertiary/aromatic N) is 1. The molecular formula is C14H27N3O. The monoisotopic (exact) mass is 253 g/mol. The minimum Gasteiger partial charge on any atom is -0.353 e. The van der Waals surface area contributed by atoms with Crippen LogP contribution in [-0.4, -0.2) is 50.1 Å². The van der Waals surface area contributed by atoms with Crippen molar-refractivity contribution < 1.29 is 4.79 Å². The molecule has 2 saturated heterocycles. The van der Waals surface area contributed by atoms with Gasteiger partial charge >= 0.3 is 0 Å². The van der Waals surface area contributed by atoms with Gasteiger partial charge in [0, 0.05) is 19.0 Å². The summed E-state index contributed by atoms with van der Waals surface area (Å²) in [5.74, 6) is 1.54. The minimum absolute atomic E-state index is 0.253. The number of hydrogen-bond donors (Lipinski definition) is 2. The lowest BCUT2D eigenvalue weighted by Crippen LogP contribution is -2.48. The Hall–Kier alpha value is -0.610. The average molecular weight is 253 g/mol. The van der Waals surface area contributed by atoms with Crippen molar-refractivity contribution in [2.45, 2.75) is 38.6 Å². The van der Waals surface area contributed by atoms with Crippen LogP contribution in [0.4, 0.5) is 0 Å². The Morgan fingerprint density at radius 1 is 1.44 bits per heavy atom. The predicted molar refractivity (Wildman–Crippen MR) is 73.4 cm³/mol. The number of carbonyl (C=O) groups is 1. The van der Waals surface area contributed by atoms with E-state index in [4.69, 9.17) is 0 Å². The molecular weight excluding hydrogens is 226 g/mol. The number of likely N-dealkylation sites (tertiary alicyclic amines) is 1. The Labute approximate surface area is 110 Å². The number of carbonyl (C=O) groups excluding carboxylic acids is 1. The zero-order chi connectivity index (χ0) is 13.0. The molecule has 3 unspecified atom stereocenters. The standard InChI is InChI=1S/C14H27N3O/c1-11-10-17(2)8-6-13(11)16-14(18)4-3-12-5-7-15-9-12/h11-13,15H,3-10H2,1-2H3,(H,16,18). The molecule has 0 spiro atoms. The first-order chi connectivity index (χ1) is 8.65. The summed E-state index contributed by atoms with van der Waals surface area (Å²) in [7, 11) is 2.15. The fraction of sp³-hybridized carbons (Fsp3) is 0.929. The highest BCUT2D eigenvalue weighted by atomic mass is 16.1. The first kappa shape index (κ1) is 13.8. The van der Waals surface area contributed by atoms with E-state index in [2.05, 4.69) is 29.5 Å². The van der Waals surface area contributed by atoms with Gasteiger partial charge in [-0.3, -0.25) is 4.79 Å². The largest absolute Gasteiger partial charge is 0.353 e. The molecule has 104 valence electrons. The van der Waals surface area contributed by atoms with Gasteiger partial charge in [0.2, 0.25) is 5.91 Å². The van der Waals surface area contributed by atoms with Crippen LogP contribution in [0.1, 0.15) is 32.6 Å². The Morgan fingerprint density at radius 3 is 2.94 bits per heavy atom. The van der Waals surface area contributed by atoms with Crippen LogP contribution >= 0.6 is 0 Å². The van der Waals surface area contributed by atoms with E-state index in [-0.39, 0.29) is 5.91 Å². The van der Waals surface area contributed by atoms with Crippen molar-refractivity contribution in [3.8, 4) is 0 Å². The van der Waals surface area contributed by atoms with Crippen molar-refractivity contribution >= 4 is 5.91 Å². The summed E-state index contributed by atoms with van der Waals surface area (Å²) in [6.45, 7) is 6.65. The van der Waals surface area contributed by atoms with Gasteiger partial charge in [-0.05, 0) is 57.8 Å². The van der Waals surface area contributed by atoms with Crippen molar-refractivity contribution in [3.63, 3.8) is 0 Å². The maximum atomic E-state index is 11.9. The van der Waals surface area contributed by atoms with Crippen LogP contribution in [0.3, 0.4) is 0 Å². The second-order valence-electron chi connectivity index (χ2n) is 6.10. The lowest BCUT2D eigenvalue weighted by Gasteiger charge is -2.35. The van der Waals surface area contributed by atoms with E-state index in [0.717, 1.165) is 39.0 Å². The van der Waals surface area contributed by atoms with Crippen molar-refractivity contribution in [2.24, 2.45) is 11.8 Å². The SMILES string of the molecule is CC1CN(C)CCC1NC(=O)CCC1CCNC1. The summed E-state index contributed by atoms with van der Waals surface area (Å²) in [5.41, 5.74) is 0. The van der Waals surface area contributed by atoms with Gasteiger partial charge in [-0.25, -0.2) is 0 Å². The molecule has 1 amide bonds. The average Bonchev–Trinajstić information content (AvgIpc) is 2.83. The molecule has 2 fully saturated rings. The zero-order valence-corrected chi connectivity index (χ0v) is 11.7. The molecule has 0 aromatic rings. The number of piperidine rings is 1. The van der Waals surface area contributed by atoms with Gasteiger partial charge in [0.25, 0.3) is 0 Å². The molecule has 0 radical (unpaired) electrons. The molecule has 0 saturated carbocycles. The third-order valence-corrected chi connectivity index (χ3v) is 4.40. The van der Waals surface area contributed by atoms with E-state index in [9.17, 15) is 4.79 Å². The summed E-state index contributed by atoms with van der Waals surface area (Å²) in [4.78, 5) is 14.3. The maximum Gasteiger partial charge on any atom is 0.220 e. The molecule has 0 bridgehead atoms. The molecule has 0 aromatic carbocycles. The smallest absolute Gasteiger partial charge is 0.220 e. The van der Waals surface area contributed by atoms with Crippen molar-refractivity contribution in [1.82, 2.24) is 15.5 Å². The van der Waals surface area contributed by atoms with Crippen LogP contribution in [0.5, 0.6) is 0 Å². The van der Waals surface area contributed by atoms with E-state index in [1.807, 2.05) is 0 Å². The van der Waals surface area contributed by atoms with Crippen LogP contribution < -0.4 is 10.6 Å². The molecule has 4 heteroatoms. The highest BCUT2D eigenvalue weighted by Crippen LogP contribution is 2.17. The molecule has 2 N–H and O–H groups in total. The van der Waals surface area contributed by atoms with Gasteiger partial charge in [-0.2, -0.15) is 0 Å². The fourth-order valence-corrected chi connectivity index (χ4v) is 3.14. The molecule has 0 aromatic heterocycles. The summed E-state index contributed by atoms with van der Waals surface area (Å²) in [6.07, 6.45) is 4.07. The molecule has 0 aliphatic carbocycles. The summed E-state index contributed by atoms with van der Waals surface area (Å²) in [6, 6.07) is 0.385. The number of nitrogens with one attached hydrogen (secondary N) is 2. The van der Waals surface area contributed by atoms with Crippen LogP contribution in [0, 0.1) is 11.8 Å². The van der Waals surface area contributed by atoms with Crippen LogP contribution in [-0.2, 0) is 4.79 Å². The maximum absolute atomic E-state index is 11.9. The molecule has 18 heavy (non-hydrogen) atoms. The molecule has 2 heterocycles. The van der Waals surface area contributed by atoms with Gasteiger partial charge in [-0.1, -0.05) is 6.92 Å². The second-order valence-corrected chi connectivity index (χ2v) is 6.10. The summed E-state index contributed by atoms with van der Waals surface area (Å²) >= 11 is 0. The first-order valence-electron chi connectivity index (χ1n) is 7.34. The Balaban J connectivity index is 1.66. The van der Waals surface area contributed by atoms with Crippen LogP contribution in [0.2, 0.25) is 0 Å². The minimum atomic E-state index is 0.253. The molecule has 4 nitrogen and oxygen atoms in total. The highest BCUT2D eigenvalue weighted by Gasteiger charge is 2.25. The first-order valence-corrected chi connectivity index (χ1v) is 7.34. The topological polar surface area (TPSA) is 44.4 Å². The fourth-order valence-electron chi connectivity index (χ4n) is 3.14. The third-order valence-electron chi connectivity index (χ3n) is 4.40. The van der Waals surface area contributed by atoms with Crippen molar-refractivity contribution in [3.05, 3.63) is 0 Å². The van der Waals surface area contributed by atoms with Gasteiger partial charge in [0.05, 0.1) is 0 Å². The van der Waals surface area contributed by atoms with Crippen molar-refractivity contribution in [2.75, 3.05) is 33.2 Å². The summed E-state index contributed by atoms with van der Waals surface area (Å²) < 4.78 is 0. The van der Waals surface area contributed by atoms with E-state index in [1.54, 1.807) is 0 Å². The predicted octanol–water partition coefficient (Wildman–Crippen LogP) is 0.833. The number of rotatable bonds is 4. The molecule has 2 aliphatic rings. The third kappa shape index (κ3) is 3.95. The normalized spacial score (nSPS) is 33.6. The van der Waals surface area contributed by atoms with E-state index >= 15 is 0 Å². The zero-order valence-electron chi connectivity index (χ0n) is 11.7. The van der Waals surface area contributed by atoms with Crippen molar-refractivity contribution in [1.29, 1.82) is 0 Å². The number of hydrogen-bond acceptors (Lipinski definition) is 3. The summed E-state index contributed by atoms with van der Waals surface area (Å²) in [5, 5.41) is 6.58. The lowest BCUT2D eigenvalue weighted by atomic mass is 9.94. The van der Waals surface area contributed by atoms with Gasteiger partial charge in [-0.15, -0.1) is 0 Å². The second kappa shape index (κ2) is 6.53. The highest BCUT2D eigenvalue weighted by molar-refractivity contribution is 5.76. The van der Waals surface area contributed by atoms with Gasteiger partial charge in [0.15, 0.2) is 0 Å². The Kier molecular flexibility index (Phi) is 5.01. The van der Waals surface area contributed by atoms with E-state index in [1.165, 1.54) is 6.42 Å². The van der Waals surface area contributed by atoms with E-state index in [0.29, 0.717) is 24.3 Å².